The van der Waals surface area contributed by atoms with Crippen LogP contribution in [0.2, 0.25) is 0 Å². The third kappa shape index (κ3) is 4.04. The van der Waals surface area contributed by atoms with E-state index < -0.39 is 17.4 Å². The van der Waals surface area contributed by atoms with Crippen molar-refractivity contribution in [3.05, 3.63) is 29.8 Å². The zero-order chi connectivity index (χ0) is 16.4. The Labute approximate surface area is 125 Å². The van der Waals surface area contributed by atoms with Crippen molar-refractivity contribution in [3.63, 3.8) is 0 Å². The normalized spacial score (nSPS) is 13.6. The van der Waals surface area contributed by atoms with Gasteiger partial charge in [-0.3, -0.25) is 9.59 Å². The average Bonchev–Trinajstić information content (AvgIpc) is 2.37. The van der Waals surface area contributed by atoms with E-state index in [1.807, 2.05) is 20.8 Å². The topological polar surface area (TPSA) is 92.4 Å². The van der Waals surface area contributed by atoms with Gasteiger partial charge in [0.05, 0.1) is 11.5 Å². The lowest BCUT2D eigenvalue weighted by atomic mass is 9.85. The Bertz CT molecular complexity index is 527. The summed E-state index contributed by atoms with van der Waals surface area (Å²) in [7, 11) is 0. The molecule has 1 rings (SSSR count). The van der Waals surface area contributed by atoms with Crippen molar-refractivity contribution < 1.29 is 14.7 Å². The molecule has 1 amide bonds. The lowest BCUT2D eigenvalue weighted by Gasteiger charge is -2.26. The second kappa shape index (κ2) is 5.85. The number of carboxylic acids is 1. The minimum atomic E-state index is -0.968. The fourth-order valence-corrected chi connectivity index (χ4v) is 1.71. The van der Waals surface area contributed by atoms with Gasteiger partial charge in [0.2, 0.25) is 5.91 Å². The summed E-state index contributed by atoms with van der Waals surface area (Å²) in [6.45, 7) is 8.97. The second-order valence-corrected chi connectivity index (χ2v) is 6.84. The predicted octanol–water partition coefficient (Wildman–Crippen LogP) is 2.36. The van der Waals surface area contributed by atoms with Gasteiger partial charge in [0, 0.05) is 5.69 Å². The van der Waals surface area contributed by atoms with Gasteiger partial charge in [0.1, 0.15) is 0 Å². The molecule has 1 unspecified atom stereocenters. The van der Waals surface area contributed by atoms with Gasteiger partial charge >= 0.3 is 5.97 Å². The molecule has 1 aromatic rings. The van der Waals surface area contributed by atoms with E-state index >= 15 is 0 Å². The highest BCUT2D eigenvalue weighted by atomic mass is 16.4. The highest BCUT2D eigenvalue weighted by molar-refractivity contribution is 5.95. The van der Waals surface area contributed by atoms with Gasteiger partial charge < -0.3 is 16.2 Å². The van der Waals surface area contributed by atoms with E-state index in [1.165, 1.54) is 0 Å². The number of carbonyl (C=O) groups is 2. The zero-order valence-electron chi connectivity index (χ0n) is 13.2. The number of carbonyl (C=O) groups excluding carboxylic acids is 1. The van der Waals surface area contributed by atoms with Crippen LogP contribution in [0.4, 0.5) is 5.69 Å². The molecule has 1 aromatic carbocycles. The van der Waals surface area contributed by atoms with Gasteiger partial charge in [-0.1, -0.05) is 32.9 Å². The van der Waals surface area contributed by atoms with Crippen LogP contribution in [0.5, 0.6) is 0 Å². The van der Waals surface area contributed by atoms with Crippen LogP contribution in [0, 0.1) is 5.41 Å². The maximum atomic E-state index is 12.0. The maximum absolute atomic E-state index is 12.0. The van der Waals surface area contributed by atoms with Crippen LogP contribution in [-0.4, -0.2) is 23.0 Å². The van der Waals surface area contributed by atoms with E-state index in [4.69, 9.17) is 5.73 Å². The van der Waals surface area contributed by atoms with Gasteiger partial charge in [-0.15, -0.1) is 0 Å². The van der Waals surface area contributed by atoms with E-state index in [-0.39, 0.29) is 11.3 Å². The number of anilines is 1. The number of hydrogen-bond acceptors (Lipinski definition) is 3. The Morgan fingerprint density at radius 2 is 1.57 bits per heavy atom. The number of amides is 1. The van der Waals surface area contributed by atoms with Crippen molar-refractivity contribution in [2.75, 3.05) is 5.32 Å². The standard InChI is InChI=1S/C16H24N2O3/c1-15(2,3)12(17)13(19)18-11-8-6-10(7-9-11)16(4,5)14(20)21/h6-9,12H,17H2,1-5H3,(H,18,19)(H,20,21). The number of rotatable bonds is 4. The lowest BCUT2D eigenvalue weighted by Crippen LogP contribution is -2.45. The van der Waals surface area contributed by atoms with E-state index in [9.17, 15) is 14.7 Å². The molecule has 0 saturated carbocycles. The molecule has 0 aliphatic rings. The first-order valence-electron chi connectivity index (χ1n) is 6.86. The van der Waals surface area contributed by atoms with Gasteiger partial charge in [-0.25, -0.2) is 0 Å². The predicted molar refractivity (Wildman–Crippen MR) is 83.2 cm³/mol. The molecule has 0 radical (unpaired) electrons. The summed E-state index contributed by atoms with van der Waals surface area (Å²) in [4.78, 5) is 23.2. The molecule has 0 bridgehead atoms. The van der Waals surface area contributed by atoms with Crippen LogP contribution >= 0.6 is 0 Å². The Kier molecular flexibility index (Phi) is 4.79. The van der Waals surface area contributed by atoms with Gasteiger partial charge in [0.15, 0.2) is 0 Å². The fourth-order valence-electron chi connectivity index (χ4n) is 1.71. The summed E-state index contributed by atoms with van der Waals surface area (Å²) >= 11 is 0. The lowest BCUT2D eigenvalue weighted by molar-refractivity contribution is -0.142. The Hall–Kier alpha value is -1.88. The van der Waals surface area contributed by atoms with Crippen LogP contribution in [0.15, 0.2) is 24.3 Å². The van der Waals surface area contributed by atoms with Crippen molar-refractivity contribution >= 4 is 17.6 Å². The molecular weight excluding hydrogens is 268 g/mol. The van der Waals surface area contributed by atoms with E-state index in [1.54, 1.807) is 38.1 Å². The highest BCUT2D eigenvalue weighted by Crippen LogP contribution is 2.25. The van der Waals surface area contributed by atoms with E-state index in [2.05, 4.69) is 5.32 Å². The molecule has 1 atom stereocenters. The smallest absolute Gasteiger partial charge is 0.313 e. The van der Waals surface area contributed by atoms with Crippen LogP contribution in [0.25, 0.3) is 0 Å². The van der Waals surface area contributed by atoms with E-state index in [0.29, 0.717) is 11.3 Å². The SMILES string of the molecule is CC(C)(C(=O)O)c1ccc(NC(=O)C(N)C(C)(C)C)cc1. The average molecular weight is 292 g/mol. The van der Waals surface area contributed by atoms with Crippen molar-refractivity contribution in [3.8, 4) is 0 Å². The molecule has 0 heterocycles. The molecule has 0 spiro atoms. The summed E-state index contributed by atoms with van der Waals surface area (Å²) in [5.74, 6) is -1.15. The largest absolute Gasteiger partial charge is 0.481 e. The molecule has 0 aliphatic heterocycles. The number of benzene rings is 1. The third-order valence-electron chi connectivity index (χ3n) is 3.62. The number of nitrogens with two attached hydrogens (primary N) is 1. The maximum Gasteiger partial charge on any atom is 0.313 e. The van der Waals surface area contributed by atoms with Crippen LogP contribution < -0.4 is 11.1 Å². The first kappa shape index (κ1) is 17.2. The van der Waals surface area contributed by atoms with Gasteiger partial charge in [-0.05, 0) is 37.0 Å². The first-order valence-corrected chi connectivity index (χ1v) is 6.86. The number of carboxylic acid groups (broad SMARTS) is 1. The van der Waals surface area contributed by atoms with Gasteiger partial charge in [0.25, 0.3) is 0 Å². The molecule has 4 N–H and O–H groups in total. The molecule has 116 valence electrons. The summed E-state index contributed by atoms with van der Waals surface area (Å²) in [5.41, 5.74) is 5.87. The second-order valence-electron chi connectivity index (χ2n) is 6.84. The van der Waals surface area contributed by atoms with Crippen molar-refractivity contribution in [2.24, 2.45) is 11.1 Å². The van der Waals surface area contributed by atoms with Crippen molar-refractivity contribution in [1.29, 1.82) is 0 Å². The first-order chi connectivity index (χ1) is 9.46. The molecule has 5 heteroatoms. The van der Waals surface area contributed by atoms with Crippen molar-refractivity contribution in [2.45, 2.75) is 46.1 Å². The minimum absolute atomic E-state index is 0.257. The van der Waals surface area contributed by atoms with Gasteiger partial charge in [-0.2, -0.15) is 0 Å². The van der Waals surface area contributed by atoms with Crippen LogP contribution in [-0.2, 0) is 15.0 Å². The fraction of sp³-hybridized carbons (Fsp3) is 0.500. The van der Waals surface area contributed by atoms with Crippen LogP contribution in [0.3, 0.4) is 0 Å². The molecule has 0 fully saturated rings. The monoisotopic (exact) mass is 292 g/mol. The van der Waals surface area contributed by atoms with Crippen molar-refractivity contribution in [1.82, 2.24) is 0 Å². The molecule has 0 aliphatic carbocycles. The number of hydrogen-bond donors (Lipinski definition) is 3. The molecule has 0 aromatic heterocycles. The number of aliphatic carboxylic acids is 1. The molecule has 5 nitrogen and oxygen atoms in total. The quantitative estimate of drug-likeness (QED) is 0.794. The summed E-state index contributed by atoms with van der Waals surface area (Å²) in [5, 5.41) is 11.9. The third-order valence-corrected chi connectivity index (χ3v) is 3.62. The molecular formula is C16H24N2O3. The number of nitrogens with one attached hydrogen (secondary N) is 1. The summed E-state index contributed by atoms with van der Waals surface area (Å²) in [6.07, 6.45) is 0. The van der Waals surface area contributed by atoms with Crippen LogP contribution in [0.1, 0.15) is 40.2 Å². The van der Waals surface area contributed by atoms with E-state index in [0.717, 1.165) is 0 Å². The summed E-state index contributed by atoms with van der Waals surface area (Å²) < 4.78 is 0. The molecule has 21 heavy (non-hydrogen) atoms. The Balaban J connectivity index is 2.85. The highest BCUT2D eigenvalue weighted by Gasteiger charge is 2.30. The summed E-state index contributed by atoms with van der Waals surface area (Å²) in [6, 6.07) is 6.16. The minimum Gasteiger partial charge on any atom is -0.481 e. The Morgan fingerprint density at radius 3 is 1.95 bits per heavy atom. The molecule has 0 saturated heterocycles. The Morgan fingerprint density at radius 1 is 1.10 bits per heavy atom. The zero-order valence-corrected chi connectivity index (χ0v) is 13.2.